The lowest BCUT2D eigenvalue weighted by Gasteiger charge is -2.11. The van der Waals surface area contributed by atoms with Gasteiger partial charge in [-0.15, -0.1) is 0 Å². The van der Waals surface area contributed by atoms with Gasteiger partial charge in [-0.2, -0.15) is 13.2 Å². The van der Waals surface area contributed by atoms with E-state index < -0.39 is 11.9 Å². The molecule has 0 aliphatic rings. The average Bonchev–Trinajstić information content (AvgIpc) is 2.35. The Balaban J connectivity index is 2.74. The topological polar surface area (TPSA) is 31.4 Å². The Hall–Kier alpha value is -1.98. The minimum absolute atomic E-state index is 0.131. The highest BCUT2D eigenvalue weighted by Crippen LogP contribution is 2.35. The van der Waals surface area contributed by atoms with Crippen LogP contribution in [-0.2, 0) is 6.18 Å². The zero-order valence-electron chi connectivity index (χ0n) is 9.71. The van der Waals surface area contributed by atoms with Crippen molar-refractivity contribution in [3.63, 3.8) is 0 Å². The van der Waals surface area contributed by atoms with Gasteiger partial charge in [-0.1, -0.05) is 0 Å². The summed E-state index contributed by atoms with van der Waals surface area (Å²) in [4.78, 5) is 3.60. The van der Waals surface area contributed by atoms with Gasteiger partial charge in [0.2, 0.25) is 0 Å². The molecule has 3 nitrogen and oxygen atoms in total. The predicted octanol–water partition coefficient (Wildman–Crippen LogP) is 3.27. The smallest absolute Gasteiger partial charge is 0.433 e. The molecule has 1 heterocycles. The van der Waals surface area contributed by atoms with Gasteiger partial charge in [-0.25, -0.2) is 4.98 Å². The van der Waals surface area contributed by atoms with Crippen molar-refractivity contribution in [2.45, 2.75) is 6.18 Å². The number of hydrogen-bond donors (Lipinski definition) is 0. The number of benzene rings is 1. The highest BCUT2D eigenvalue weighted by atomic mass is 19.4. The van der Waals surface area contributed by atoms with Crippen LogP contribution in [0.3, 0.4) is 0 Å². The third-order valence-electron chi connectivity index (χ3n) is 2.51. The molecule has 0 bridgehead atoms. The molecule has 96 valence electrons. The highest BCUT2D eigenvalue weighted by molar-refractivity contribution is 5.90. The van der Waals surface area contributed by atoms with Crippen molar-refractivity contribution < 1.29 is 22.6 Å². The number of nitrogens with zero attached hydrogens (tertiary/aromatic N) is 1. The quantitative estimate of drug-likeness (QED) is 0.827. The van der Waals surface area contributed by atoms with Crippen molar-refractivity contribution >= 4 is 10.9 Å². The number of alkyl halides is 3. The van der Waals surface area contributed by atoms with Crippen LogP contribution in [0.5, 0.6) is 11.5 Å². The van der Waals surface area contributed by atoms with Gasteiger partial charge in [-0.3, -0.25) is 0 Å². The molecule has 6 heteroatoms. The maximum atomic E-state index is 12.6. The van der Waals surface area contributed by atoms with Gasteiger partial charge in [-0.05, 0) is 24.3 Å². The highest BCUT2D eigenvalue weighted by Gasteiger charge is 2.32. The van der Waals surface area contributed by atoms with Crippen LogP contribution in [0.4, 0.5) is 13.2 Å². The molecular weight excluding hydrogens is 247 g/mol. The summed E-state index contributed by atoms with van der Waals surface area (Å²) in [5, 5.41) is 0.477. The first-order chi connectivity index (χ1) is 8.47. The van der Waals surface area contributed by atoms with Gasteiger partial charge in [0.15, 0.2) is 0 Å². The zero-order valence-corrected chi connectivity index (χ0v) is 9.71. The van der Waals surface area contributed by atoms with E-state index in [4.69, 9.17) is 9.47 Å². The van der Waals surface area contributed by atoms with Crippen LogP contribution in [-0.4, -0.2) is 19.2 Å². The second-order valence-corrected chi connectivity index (χ2v) is 3.56. The normalized spacial score (nSPS) is 11.6. The van der Waals surface area contributed by atoms with E-state index in [9.17, 15) is 13.2 Å². The lowest BCUT2D eigenvalue weighted by molar-refractivity contribution is -0.140. The van der Waals surface area contributed by atoms with Crippen molar-refractivity contribution in [1.29, 1.82) is 0 Å². The van der Waals surface area contributed by atoms with E-state index in [0.29, 0.717) is 11.1 Å². The number of methoxy groups -OCH3 is 2. The van der Waals surface area contributed by atoms with Gasteiger partial charge in [0.05, 0.1) is 14.2 Å². The first-order valence-electron chi connectivity index (χ1n) is 5.06. The molecule has 0 radical (unpaired) electrons. The largest absolute Gasteiger partial charge is 0.496 e. The predicted molar refractivity (Wildman–Crippen MR) is 59.8 cm³/mol. The second kappa shape index (κ2) is 4.36. The molecule has 0 fully saturated rings. The van der Waals surface area contributed by atoms with E-state index >= 15 is 0 Å². The first-order valence-corrected chi connectivity index (χ1v) is 5.06. The number of hydrogen-bond acceptors (Lipinski definition) is 3. The Labute approximate surface area is 101 Å². The van der Waals surface area contributed by atoms with Crippen LogP contribution < -0.4 is 9.47 Å². The van der Waals surface area contributed by atoms with E-state index in [0.717, 1.165) is 6.07 Å². The van der Waals surface area contributed by atoms with Gasteiger partial charge < -0.3 is 9.47 Å². The van der Waals surface area contributed by atoms with Gasteiger partial charge in [0.25, 0.3) is 0 Å². The molecule has 1 aromatic heterocycles. The molecule has 0 N–H and O–H groups in total. The molecule has 0 unspecified atom stereocenters. The number of aromatic nitrogens is 1. The standard InChI is InChI=1S/C12H10F3NO2/c1-17-8-4-5-9(18-2)11-7(8)3-6-10(16-11)12(13,14)15/h3-6H,1-2H3. The minimum Gasteiger partial charge on any atom is -0.496 e. The van der Waals surface area contributed by atoms with E-state index in [2.05, 4.69) is 4.98 Å². The summed E-state index contributed by atoms with van der Waals surface area (Å²) in [5.74, 6) is 0.726. The van der Waals surface area contributed by atoms with Gasteiger partial charge >= 0.3 is 6.18 Å². The molecule has 2 aromatic rings. The van der Waals surface area contributed by atoms with E-state index in [1.165, 1.54) is 26.4 Å². The SMILES string of the molecule is COc1ccc(OC)c2nc(C(F)(F)F)ccc12. The Morgan fingerprint density at radius 1 is 0.944 bits per heavy atom. The summed E-state index contributed by atoms with van der Waals surface area (Å²) in [6, 6.07) is 5.39. The summed E-state index contributed by atoms with van der Waals surface area (Å²) >= 11 is 0. The van der Waals surface area contributed by atoms with Crippen molar-refractivity contribution in [3.8, 4) is 11.5 Å². The fourth-order valence-electron chi connectivity index (χ4n) is 1.67. The summed E-state index contributed by atoms with van der Waals surface area (Å²) in [7, 11) is 2.82. The fourth-order valence-corrected chi connectivity index (χ4v) is 1.67. The third kappa shape index (κ3) is 2.05. The van der Waals surface area contributed by atoms with E-state index in [1.807, 2.05) is 0 Å². The van der Waals surface area contributed by atoms with Crippen LogP contribution in [0, 0.1) is 0 Å². The number of ether oxygens (including phenoxy) is 2. The van der Waals surface area contributed by atoms with Crippen molar-refractivity contribution in [2.24, 2.45) is 0 Å². The van der Waals surface area contributed by atoms with E-state index in [1.54, 1.807) is 6.07 Å². The van der Waals surface area contributed by atoms with Crippen LogP contribution in [0.15, 0.2) is 24.3 Å². The molecule has 0 saturated carbocycles. The molecule has 0 atom stereocenters. The van der Waals surface area contributed by atoms with Gasteiger partial charge in [0.1, 0.15) is 22.7 Å². The Morgan fingerprint density at radius 3 is 2.11 bits per heavy atom. The number of halogens is 3. The second-order valence-electron chi connectivity index (χ2n) is 3.56. The maximum absolute atomic E-state index is 12.6. The Bertz CT molecular complexity index is 581. The molecule has 1 aromatic carbocycles. The molecule has 0 saturated heterocycles. The monoisotopic (exact) mass is 257 g/mol. The summed E-state index contributed by atoms with van der Waals surface area (Å²) < 4.78 is 47.9. The van der Waals surface area contributed by atoms with Crippen LogP contribution >= 0.6 is 0 Å². The maximum Gasteiger partial charge on any atom is 0.433 e. The lowest BCUT2D eigenvalue weighted by atomic mass is 10.1. The molecule has 0 aliphatic heterocycles. The van der Waals surface area contributed by atoms with Crippen LogP contribution in [0.25, 0.3) is 10.9 Å². The lowest BCUT2D eigenvalue weighted by Crippen LogP contribution is -2.08. The molecule has 18 heavy (non-hydrogen) atoms. The third-order valence-corrected chi connectivity index (χ3v) is 2.51. The van der Waals surface area contributed by atoms with Crippen LogP contribution in [0.1, 0.15) is 5.69 Å². The summed E-state index contributed by atoms with van der Waals surface area (Å²) in [6.45, 7) is 0. The summed E-state index contributed by atoms with van der Waals surface area (Å²) in [5.41, 5.74) is -0.826. The Kier molecular flexibility index (Phi) is 3.02. The van der Waals surface area contributed by atoms with Crippen molar-refractivity contribution in [2.75, 3.05) is 14.2 Å². The molecule has 0 aliphatic carbocycles. The summed E-state index contributed by atoms with van der Waals surface area (Å²) in [6.07, 6.45) is -4.48. The molecular formula is C12H10F3NO2. The fraction of sp³-hybridized carbons (Fsp3) is 0.250. The first kappa shape index (κ1) is 12.5. The van der Waals surface area contributed by atoms with Crippen LogP contribution in [0.2, 0.25) is 0 Å². The number of fused-ring (bicyclic) bond motifs is 1. The van der Waals surface area contributed by atoms with E-state index in [-0.39, 0.29) is 11.3 Å². The van der Waals surface area contributed by atoms with Gasteiger partial charge in [0, 0.05) is 5.39 Å². The Morgan fingerprint density at radius 2 is 1.56 bits per heavy atom. The van der Waals surface area contributed by atoms with Crippen molar-refractivity contribution in [3.05, 3.63) is 30.0 Å². The molecule has 0 amide bonds. The molecule has 2 rings (SSSR count). The zero-order chi connectivity index (χ0) is 13.3. The average molecular weight is 257 g/mol. The minimum atomic E-state index is -4.48. The van der Waals surface area contributed by atoms with Crippen molar-refractivity contribution in [1.82, 2.24) is 4.98 Å². The number of rotatable bonds is 2. The molecule has 0 spiro atoms. The number of pyridine rings is 1.